The minimum absolute atomic E-state index is 0.317. The molecule has 1 aliphatic carbocycles. The van der Waals surface area contributed by atoms with Gasteiger partial charge in [-0.1, -0.05) is 0 Å². The number of hydrogen-bond donors (Lipinski definition) is 1. The molecule has 0 amide bonds. The van der Waals surface area contributed by atoms with Crippen LogP contribution in [0.15, 0.2) is 23.2 Å². The molecule has 3 fully saturated rings. The van der Waals surface area contributed by atoms with Gasteiger partial charge in [0.25, 0.3) is 0 Å². The molecule has 4 rings (SSSR count). The van der Waals surface area contributed by atoms with E-state index in [1.165, 1.54) is 19.3 Å². The van der Waals surface area contributed by atoms with E-state index in [4.69, 9.17) is 19.2 Å². The van der Waals surface area contributed by atoms with Crippen molar-refractivity contribution >= 4 is 5.96 Å². The fraction of sp³-hybridized carbons (Fsp3) is 0.720. The summed E-state index contributed by atoms with van der Waals surface area (Å²) in [6.07, 6.45) is 6.33. The number of aliphatic imine (C=N–C) groups is 1. The predicted molar refractivity (Wildman–Crippen MR) is 128 cm³/mol. The Morgan fingerprint density at radius 1 is 1.16 bits per heavy atom. The summed E-state index contributed by atoms with van der Waals surface area (Å²) in [6, 6.07) is 6.12. The molecule has 0 spiro atoms. The monoisotopic (exact) mass is 444 g/mol. The van der Waals surface area contributed by atoms with Crippen LogP contribution < -0.4 is 14.8 Å². The normalized spacial score (nSPS) is 23.0. The summed E-state index contributed by atoms with van der Waals surface area (Å²) >= 11 is 0. The number of nitrogens with zero attached hydrogens (tertiary/aromatic N) is 3. The van der Waals surface area contributed by atoms with Crippen LogP contribution in [0.1, 0.15) is 44.6 Å². The first-order chi connectivity index (χ1) is 15.7. The average molecular weight is 445 g/mol. The Bertz CT molecular complexity index is 745. The third-order valence-electron chi connectivity index (χ3n) is 6.81. The maximum Gasteiger partial charge on any atom is 0.194 e. The van der Waals surface area contributed by atoms with Gasteiger partial charge in [-0.15, -0.1) is 0 Å². The SMILES string of the molecule is CCNC(=NCc1ccc(OC)cc1OC1CCCC1)N1CCC(CN2CCOCC2)C1. The van der Waals surface area contributed by atoms with E-state index in [0.717, 1.165) is 88.3 Å². The Morgan fingerprint density at radius 3 is 2.72 bits per heavy atom. The first-order valence-electron chi connectivity index (χ1n) is 12.4. The van der Waals surface area contributed by atoms with Crippen molar-refractivity contribution in [2.75, 3.05) is 59.6 Å². The van der Waals surface area contributed by atoms with E-state index in [-0.39, 0.29) is 0 Å². The van der Waals surface area contributed by atoms with Crippen LogP contribution in [0.2, 0.25) is 0 Å². The molecule has 7 heteroatoms. The topological polar surface area (TPSA) is 58.6 Å². The smallest absolute Gasteiger partial charge is 0.194 e. The number of hydrogen-bond acceptors (Lipinski definition) is 5. The summed E-state index contributed by atoms with van der Waals surface area (Å²) < 4.78 is 17.3. The quantitative estimate of drug-likeness (QED) is 0.491. The fourth-order valence-electron chi connectivity index (χ4n) is 5.00. The van der Waals surface area contributed by atoms with Crippen LogP contribution in [-0.2, 0) is 11.3 Å². The van der Waals surface area contributed by atoms with Crippen LogP contribution >= 0.6 is 0 Å². The lowest BCUT2D eigenvalue weighted by Crippen LogP contribution is -2.42. The first-order valence-corrected chi connectivity index (χ1v) is 12.4. The van der Waals surface area contributed by atoms with Crippen molar-refractivity contribution in [3.8, 4) is 11.5 Å². The number of ether oxygens (including phenoxy) is 3. The second-order valence-electron chi connectivity index (χ2n) is 9.18. The van der Waals surface area contributed by atoms with E-state index in [1.807, 2.05) is 12.1 Å². The highest BCUT2D eigenvalue weighted by molar-refractivity contribution is 5.80. The number of guanidine groups is 1. The largest absolute Gasteiger partial charge is 0.497 e. The van der Waals surface area contributed by atoms with Crippen LogP contribution in [0.25, 0.3) is 0 Å². The van der Waals surface area contributed by atoms with Gasteiger partial charge in [-0.3, -0.25) is 4.90 Å². The standard InChI is InChI=1S/C25H40N4O3/c1-3-26-25(29-11-10-20(19-29)18-28-12-14-31-15-13-28)27-17-21-8-9-23(30-2)16-24(21)32-22-6-4-5-7-22/h8-9,16,20,22H,3-7,10-15,17-19H2,1-2H3,(H,26,27). The molecular weight excluding hydrogens is 404 g/mol. The Balaban J connectivity index is 1.40. The summed E-state index contributed by atoms with van der Waals surface area (Å²) in [5, 5.41) is 3.51. The van der Waals surface area contributed by atoms with E-state index < -0.39 is 0 Å². The van der Waals surface area contributed by atoms with E-state index >= 15 is 0 Å². The summed E-state index contributed by atoms with van der Waals surface area (Å²) in [4.78, 5) is 9.99. The zero-order valence-electron chi connectivity index (χ0n) is 19.9. The van der Waals surface area contributed by atoms with Gasteiger partial charge >= 0.3 is 0 Å². The van der Waals surface area contributed by atoms with Crippen LogP contribution in [0.3, 0.4) is 0 Å². The van der Waals surface area contributed by atoms with Crippen molar-refractivity contribution in [1.29, 1.82) is 0 Å². The Kier molecular flexibility index (Phi) is 8.51. The molecule has 1 atom stereocenters. The zero-order chi connectivity index (χ0) is 22.2. The molecule has 2 aliphatic heterocycles. The lowest BCUT2D eigenvalue weighted by Gasteiger charge is -2.29. The molecule has 1 aromatic carbocycles. The van der Waals surface area contributed by atoms with Crippen LogP contribution in [0.4, 0.5) is 0 Å². The third-order valence-corrected chi connectivity index (χ3v) is 6.81. The molecular formula is C25H40N4O3. The fourth-order valence-corrected chi connectivity index (χ4v) is 5.00. The second-order valence-corrected chi connectivity index (χ2v) is 9.18. The van der Waals surface area contributed by atoms with Crippen molar-refractivity contribution in [3.63, 3.8) is 0 Å². The average Bonchev–Trinajstić information content (AvgIpc) is 3.50. The molecule has 3 aliphatic rings. The van der Waals surface area contributed by atoms with E-state index in [9.17, 15) is 0 Å². The van der Waals surface area contributed by atoms with Crippen LogP contribution in [-0.4, -0.2) is 81.5 Å². The molecule has 2 saturated heterocycles. The molecule has 1 N–H and O–H groups in total. The van der Waals surface area contributed by atoms with Crippen LogP contribution in [0, 0.1) is 5.92 Å². The van der Waals surface area contributed by atoms with Gasteiger partial charge in [0.1, 0.15) is 11.5 Å². The Labute approximate surface area is 193 Å². The van der Waals surface area contributed by atoms with Gasteiger partial charge in [-0.05, 0) is 57.1 Å². The molecule has 7 nitrogen and oxygen atoms in total. The number of methoxy groups -OCH3 is 1. The molecule has 0 bridgehead atoms. The predicted octanol–water partition coefficient (Wildman–Crippen LogP) is 3.14. The van der Waals surface area contributed by atoms with Gasteiger partial charge in [-0.2, -0.15) is 0 Å². The Morgan fingerprint density at radius 2 is 1.97 bits per heavy atom. The van der Waals surface area contributed by atoms with Gasteiger partial charge in [0, 0.05) is 50.9 Å². The molecule has 1 unspecified atom stereocenters. The number of likely N-dealkylation sites (tertiary alicyclic amines) is 1. The maximum atomic E-state index is 6.37. The summed E-state index contributed by atoms with van der Waals surface area (Å²) in [5.74, 6) is 3.46. The summed E-state index contributed by atoms with van der Waals surface area (Å²) in [6.45, 7) is 10.8. The number of nitrogens with one attached hydrogen (secondary N) is 1. The number of rotatable bonds is 8. The van der Waals surface area contributed by atoms with Gasteiger partial charge in [-0.25, -0.2) is 4.99 Å². The molecule has 1 saturated carbocycles. The highest BCUT2D eigenvalue weighted by Gasteiger charge is 2.27. The number of morpholine rings is 1. The van der Waals surface area contributed by atoms with Gasteiger partial charge in [0.15, 0.2) is 5.96 Å². The molecule has 0 aromatic heterocycles. The van der Waals surface area contributed by atoms with E-state index in [0.29, 0.717) is 18.6 Å². The zero-order valence-corrected chi connectivity index (χ0v) is 19.9. The van der Waals surface area contributed by atoms with Gasteiger partial charge in [0.2, 0.25) is 0 Å². The van der Waals surface area contributed by atoms with Gasteiger partial charge < -0.3 is 24.4 Å². The van der Waals surface area contributed by atoms with E-state index in [1.54, 1.807) is 7.11 Å². The molecule has 2 heterocycles. The van der Waals surface area contributed by atoms with Crippen LogP contribution in [0.5, 0.6) is 11.5 Å². The van der Waals surface area contributed by atoms with Crippen molar-refractivity contribution in [2.24, 2.45) is 10.9 Å². The van der Waals surface area contributed by atoms with E-state index in [2.05, 4.69) is 28.1 Å². The van der Waals surface area contributed by atoms with Crippen molar-refractivity contribution in [2.45, 2.75) is 51.7 Å². The van der Waals surface area contributed by atoms with Crippen molar-refractivity contribution < 1.29 is 14.2 Å². The Hall–Kier alpha value is -1.99. The molecule has 0 radical (unpaired) electrons. The molecule has 178 valence electrons. The first kappa shape index (κ1) is 23.2. The maximum absolute atomic E-state index is 6.37. The highest BCUT2D eigenvalue weighted by atomic mass is 16.5. The van der Waals surface area contributed by atoms with Crippen molar-refractivity contribution in [3.05, 3.63) is 23.8 Å². The lowest BCUT2D eigenvalue weighted by molar-refractivity contribution is 0.0315. The second kappa shape index (κ2) is 11.8. The summed E-state index contributed by atoms with van der Waals surface area (Å²) in [7, 11) is 1.70. The highest BCUT2D eigenvalue weighted by Crippen LogP contribution is 2.30. The third kappa shape index (κ3) is 6.29. The lowest BCUT2D eigenvalue weighted by atomic mass is 10.1. The van der Waals surface area contributed by atoms with Crippen molar-refractivity contribution in [1.82, 2.24) is 15.1 Å². The molecule has 32 heavy (non-hydrogen) atoms. The number of benzene rings is 1. The summed E-state index contributed by atoms with van der Waals surface area (Å²) in [5.41, 5.74) is 1.12. The minimum Gasteiger partial charge on any atom is -0.497 e. The van der Waals surface area contributed by atoms with Gasteiger partial charge in [0.05, 0.1) is 33.0 Å². The molecule has 1 aromatic rings. The minimum atomic E-state index is 0.317.